The van der Waals surface area contributed by atoms with Gasteiger partial charge in [0.2, 0.25) is 0 Å². The molecule has 0 unspecified atom stereocenters. The van der Waals surface area contributed by atoms with E-state index in [9.17, 15) is 4.79 Å². The maximum absolute atomic E-state index is 11.6. The van der Waals surface area contributed by atoms with E-state index < -0.39 is 5.56 Å². The third-order valence-corrected chi connectivity index (χ3v) is 3.01. The highest BCUT2D eigenvalue weighted by atomic mass is 35.5. The lowest BCUT2D eigenvalue weighted by Crippen LogP contribution is -2.13. The Balaban J connectivity index is 2.83. The molecular formula is C11H5Cl2N3OS. The predicted octanol–water partition coefficient (Wildman–Crippen LogP) is 3.28. The summed E-state index contributed by atoms with van der Waals surface area (Å²) >= 11 is 16.7. The molecule has 0 aliphatic rings. The Morgan fingerprint density at radius 1 is 1.28 bits per heavy atom. The van der Waals surface area contributed by atoms with E-state index in [1.54, 1.807) is 12.1 Å². The zero-order chi connectivity index (χ0) is 13.3. The van der Waals surface area contributed by atoms with Gasteiger partial charge in [0.05, 0.1) is 10.7 Å². The van der Waals surface area contributed by atoms with Crippen molar-refractivity contribution in [1.29, 1.82) is 5.26 Å². The molecule has 1 heterocycles. The molecule has 0 aliphatic carbocycles. The molecule has 2 N–H and O–H groups in total. The Morgan fingerprint density at radius 2 is 2.00 bits per heavy atom. The van der Waals surface area contributed by atoms with Crippen molar-refractivity contribution < 1.29 is 0 Å². The lowest BCUT2D eigenvalue weighted by Gasteiger charge is -2.06. The molecule has 2 aromatic rings. The minimum atomic E-state index is -0.553. The minimum Gasteiger partial charge on any atom is -0.331 e. The van der Waals surface area contributed by atoms with Crippen molar-refractivity contribution in [1.82, 2.24) is 9.97 Å². The Bertz CT molecular complexity index is 773. The number of benzene rings is 1. The van der Waals surface area contributed by atoms with E-state index in [-0.39, 0.29) is 16.0 Å². The highest BCUT2D eigenvalue weighted by Crippen LogP contribution is 2.29. The quantitative estimate of drug-likeness (QED) is 0.794. The van der Waals surface area contributed by atoms with Crippen molar-refractivity contribution in [2.45, 2.75) is 0 Å². The number of aromatic nitrogens is 2. The minimum absolute atomic E-state index is 0.0761. The summed E-state index contributed by atoms with van der Waals surface area (Å²) in [5.41, 5.74) is 0.151. The second kappa shape index (κ2) is 4.94. The van der Waals surface area contributed by atoms with Crippen molar-refractivity contribution in [2.24, 2.45) is 0 Å². The Labute approximate surface area is 117 Å². The fourth-order valence-electron chi connectivity index (χ4n) is 1.49. The number of rotatable bonds is 1. The summed E-state index contributed by atoms with van der Waals surface area (Å²) in [6, 6.07) is 6.57. The van der Waals surface area contributed by atoms with Crippen LogP contribution in [0.25, 0.3) is 11.3 Å². The third kappa shape index (κ3) is 2.31. The summed E-state index contributed by atoms with van der Waals surface area (Å²) in [5.74, 6) is 0. The van der Waals surface area contributed by atoms with E-state index in [4.69, 9.17) is 40.7 Å². The van der Waals surface area contributed by atoms with Crippen LogP contribution in [0.4, 0.5) is 0 Å². The SMILES string of the molecule is N#Cc1c(-c2ccc(Cl)cc2Cl)[nH]c(=S)[nH]c1=O. The number of halogens is 2. The number of H-pyrrole nitrogens is 2. The van der Waals surface area contributed by atoms with Crippen LogP contribution in [-0.2, 0) is 0 Å². The third-order valence-electron chi connectivity index (χ3n) is 2.25. The number of hydrogen-bond acceptors (Lipinski definition) is 3. The van der Waals surface area contributed by atoms with Crippen LogP contribution in [0.2, 0.25) is 10.0 Å². The van der Waals surface area contributed by atoms with E-state index >= 15 is 0 Å². The maximum Gasteiger partial charge on any atom is 0.270 e. The lowest BCUT2D eigenvalue weighted by molar-refractivity contribution is 1.08. The van der Waals surface area contributed by atoms with Crippen LogP contribution in [0.1, 0.15) is 5.56 Å². The van der Waals surface area contributed by atoms with Crippen molar-refractivity contribution in [2.75, 3.05) is 0 Å². The fourth-order valence-corrected chi connectivity index (χ4v) is 2.19. The van der Waals surface area contributed by atoms with Gasteiger partial charge in [0.1, 0.15) is 11.6 Å². The summed E-state index contributed by atoms with van der Waals surface area (Å²) in [4.78, 5) is 16.7. The number of hydrogen-bond donors (Lipinski definition) is 2. The first-order chi connectivity index (χ1) is 8.52. The van der Waals surface area contributed by atoms with Gasteiger partial charge in [-0.25, -0.2) is 0 Å². The van der Waals surface area contributed by atoms with Gasteiger partial charge >= 0.3 is 0 Å². The van der Waals surface area contributed by atoms with E-state index in [1.807, 2.05) is 6.07 Å². The second-order valence-corrected chi connectivity index (χ2v) is 4.65. The molecule has 0 saturated heterocycles. The topological polar surface area (TPSA) is 72.4 Å². The van der Waals surface area contributed by atoms with Crippen LogP contribution < -0.4 is 5.56 Å². The van der Waals surface area contributed by atoms with Crippen LogP contribution in [0.15, 0.2) is 23.0 Å². The highest BCUT2D eigenvalue weighted by molar-refractivity contribution is 7.71. The van der Waals surface area contributed by atoms with E-state index in [2.05, 4.69) is 9.97 Å². The molecule has 90 valence electrons. The lowest BCUT2D eigenvalue weighted by atomic mass is 10.1. The molecule has 0 saturated carbocycles. The van der Waals surface area contributed by atoms with Crippen molar-refractivity contribution in [3.63, 3.8) is 0 Å². The first kappa shape index (κ1) is 12.8. The van der Waals surface area contributed by atoms with Gasteiger partial charge in [0, 0.05) is 10.6 Å². The summed E-state index contributed by atoms with van der Waals surface area (Å²) in [7, 11) is 0. The Hall–Kier alpha value is -1.61. The van der Waals surface area contributed by atoms with Gasteiger partial charge in [-0.05, 0) is 30.4 Å². The smallest absolute Gasteiger partial charge is 0.270 e. The molecule has 0 spiro atoms. The molecule has 0 bridgehead atoms. The van der Waals surface area contributed by atoms with Crippen molar-refractivity contribution >= 4 is 35.4 Å². The largest absolute Gasteiger partial charge is 0.331 e. The van der Waals surface area contributed by atoms with E-state index in [0.29, 0.717) is 15.6 Å². The number of nitrogens with one attached hydrogen (secondary N) is 2. The Morgan fingerprint density at radius 3 is 2.61 bits per heavy atom. The van der Waals surface area contributed by atoms with Crippen molar-refractivity contribution in [3.05, 3.63) is 48.9 Å². The standard InChI is InChI=1S/C11H5Cl2N3OS/c12-5-1-2-6(8(13)3-5)9-7(4-14)10(17)16-11(18)15-9/h1-3H,(H2,15,16,17,18). The molecular weight excluding hydrogens is 293 g/mol. The van der Waals surface area contributed by atoms with Gasteiger partial charge in [0.15, 0.2) is 4.77 Å². The first-order valence-corrected chi connectivity index (χ1v) is 5.91. The second-order valence-electron chi connectivity index (χ2n) is 3.39. The Kier molecular flexibility index (Phi) is 3.53. The van der Waals surface area contributed by atoms with Gasteiger partial charge in [-0.15, -0.1) is 0 Å². The molecule has 7 heteroatoms. The van der Waals surface area contributed by atoms with Crippen LogP contribution in [0.3, 0.4) is 0 Å². The molecule has 1 aromatic carbocycles. The van der Waals surface area contributed by atoms with Gasteiger partial charge in [-0.1, -0.05) is 23.2 Å². The zero-order valence-electron chi connectivity index (χ0n) is 8.75. The fraction of sp³-hybridized carbons (Fsp3) is 0. The van der Waals surface area contributed by atoms with E-state index in [1.165, 1.54) is 6.07 Å². The molecule has 0 radical (unpaired) electrons. The van der Waals surface area contributed by atoms with Gasteiger partial charge in [-0.2, -0.15) is 5.26 Å². The average Bonchev–Trinajstić information content (AvgIpc) is 2.28. The van der Waals surface area contributed by atoms with Crippen LogP contribution >= 0.6 is 35.4 Å². The number of nitriles is 1. The molecule has 0 fully saturated rings. The van der Waals surface area contributed by atoms with E-state index in [0.717, 1.165) is 0 Å². The van der Waals surface area contributed by atoms with Gasteiger partial charge in [-0.3, -0.25) is 9.78 Å². The number of nitrogens with zero attached hydrogens (tertiary/aromatic N) is 1. The van der Waals surface area contributed by atoms with Crippen LogP contribution in [-0.4, -0.2) is 9.97 Å². The van der Waals surface area contributed by atoms with Crippen LogP contribution in [0, 0.1) is 16.1 Å². The predicted molar refractivity (Wildman–Crippen MR) is 72.4 cm³/mol. The zero-order valence-corrected chi connectivity index (χ0v) is 11.1. The molecule has 4 nitrogen and oxygen atoms in total. The number of aromatic amines is 2. The summed E-state index contributed by atoms with van der Waals surface area (Å²) in [6.07, 6.45) is 0. The molecule has 0 amide bonds. The van der Waals surface area contributed by atoms with Crippen molar-refractivity contribution in [3.8, 4) is 17.3 Å². The average molecular weight is 298 g/mol. The highest BCUT2D eigenvalue weighted by Gasteiger charge is 2.13. The summed E-state index contributed by atoms with van der Waals surface area (Å²) in [6.45, 7) is 0. The monoisotopic (exact) mass is 297 g/mol. The molecule has 18 heavy (non-hydrogen) atoms. The van der Waals surface area contributed by atoms with Crippen LogP contribution in [0.5, 0.6) is 0 Å². The van der Waals surface area contributed by atoms with Gasteiger partial charge < -0.3 is 4.98 Å². The summed E-state index contributed by atoms with van der Waals surface area (Å²) < 4.78 is 0.125. The molecule has 2 rings (SSSR count). The summed E-state index contributed by atoms with van der Waals surface area (Å²) in [5, 5.41) is 9.80. The maximum atomic E-state index is 11.6. The van der Waals surface area contributed by atoms with Gasteiger partial charge in [0.25, 0.3) is 5.56 Å². The molecule has 0 aliphatic heterocycles. The molecule has 1 aromatic heterocycles. The normalized spacial score (nSPS) is 10.1. The molecule has 0 atom stereocenters. The first-order valence-electron chi connectivity index (χ1n) is 4.75.